The Bertz CT molecular complexity index is 350. The van der Waals surface area contributed by atoms with Crippen molar-refractivity contribution in [3.05, 3.63) is 17.0 Å². The normalized spacial score (nSPS) is 15.7. The summed E-state index contributed by atoms with van der Waals surface area (Å²) in [4.78, 5) is 0. The second kappa shape index (κ2) is 5.00. The van der Waals surface area contributed by atoms with E-state index in [9.17, 15) is 0 Å². The number of rotatable bonds is 6. The Hall–Kier alpha value is -0.830. The van der Waals surface area contributed by atoms with Crippen LogP contribution in [0.1, 0.15) is 43.6 Å². The molecule has 0 bridgehead atoms. The topological polar surface area (TPSA) is 43.8 Å². The molecule has 1 aliphatic carbocycles. The van der Waals surface area contributed by atoms with Crippen molar-refractivity contribution in [2.24, 2.45) is 11.7 Å². The molecular formula is C13H23N3. The average molecular weight is 221 g/mol. The van der Waals surface area contributed by atoms with Crippen molar-refractivity contribution >= 4 is 0 Å². The number of aromatic nitrogens is 2. The quantitative estimate of drug-likeness (QED) is 0.797. The molecular weight excluding hydrogens is 198 g/mol. The summed E-state index contributed by atoms with van der Waals surface area (Å²) in [5, 5.41) is 4.76. The van der Waals surface area contributed by atoms with E-state index in [4.69, 9.17) is 10.8 Å². The maximum Gasteiger partial charge on any atom is 0.0657 e. The second-order valence-corrected chi connectivity index (χ2v) is 4.74. The van der Waals surface area contributed by atoms with Crippen molar-refractivity contribution in [3.63, 3.8) is 0 Å². The molecule has 0 atom stereocenters. The molecule has 2 N–H and O–H groups in total. The summed E-state index contributed by atoms with van der Waals surface area (Å²) in [7, 11) is 0. The first kappa shape index (κ1) is 11.6. The van der Waals surface area contributed by atoms with Crippen LogP contribution in [0.2, 0.25) is 0 Å². The molecule has 0 aliphatic heterocycles. The third-order valence-electron chi connectivity index (χ3n) is 3.44. The minimum absolute atomic E-state index is 0.731. The van der Waals surface area contributed by atoms with E-state index < -0.39 is 0 Å². The van der Waals surface area contributed by atoms with Crippen LogP contribution in [-0.2, 0) is 25.8 Å². The molecule has 1 saturated carbocycles. The van der Waals surface area contributed by atoms with Crippen molar-refractivity contribution in [1.82, 2.24) is 9.78 Å². The molecule has 1 aromatic heterocycles. The molecule has 0 amide bonds. The third-order valence-corrected chi connectivity index (χ3v) is 3.44. The largest absolute Gasteiger partial charge is 0.330 e. The van der Waals surface area contributed by atoms with Gasteiger partial charge in [-0.25, -0.2) is 0 Å². The van der Waals surface area contributed by atoms with E-state index in [0.717, 1.165) is 38.3 Å². The Balaban J connectivity index is 2.27. The number of aryl methyl sites for hydroxylation is 1. The van der Waals surface area contributed by atoms with Gasteiger partial charge in [-0.05, 0) is 50.1 Å². The Kier molecular flexibility index (Phi) is 3.64. The van der Waals surface area contributed by atoms with E-state index in [1.54, 1.807) is 0 Å². The first-order valence-electron chi connectivity index (χ1n) is 6.57. The smallest absolute Gasteiger partial charge is 0.0657 e. The Morgan fingerprint density at radius 1 is 1.31 bits per heavy atom. The number of nitrogens with two attached hydrogens (primary N) is 1. The predicted molar refractivity (Wildman–Crippen MR) is 66.5 cm³/mol. The standard InChI is InChI=1S/C13H23N3/c1-3-12-11(7-8-14)13(4-2)16(15-12)9-10-5-6-10/h10H,3-9,14H2,1-2H3. The van der Waals surface area contributed by atoms with Gasteiger partial charge in [0.15, 0.2) is 0 Å². The fourth-order valence-corrected chi connectivity index (χ4v) is 2.40. The molecule has 3 nitrogen and oxygen atoms in total. The summed E-state index contributed by atoms with van der Waals surface area (Å²) >= 11 is 0. The lowest BCUT2D eigenvalue weighted by Crippen LogP contribution is -2.09. The zero-order valence-electron chi connectivity index (χ0n) is 10.5. The van der Waals surface area contributed by atoms with Gasteiger partial charge in [0.2, 0.25) is 0 Å². The summed E-state index contributed by atoms with van der Waals surface area (Å²) in [6, 6.07) is 0. The van der Waals surface area contributed by atoms with Crippen LogP contribution in [0.3, 0.4) is 0 Å². The number of nitrogens with zero attached hydrogens (tertiary/aromatic N) is 2. The van der Waals surface area contributed by atoms with Crippen LogP contribution in [-0.4, -0.2) is 16.3 Å². The minimum Gasteiger partial charge on any atom is -0.330 e. The Morgan fingerprint density at radius 3 is 2.56 bits per heavy atom. The predicted octanol–water partition coefficient (Wildman–Crippen LogP) is 1.92. The van der Waals surface area contributed by atoms with Crippen LogP contribution in [0.25, 0.3) is 0 Å². The summed E-state index contributed by atoms with van der Waals surface area (Å²) in [6.45, 7) is 6.26. The minimum atomic E-state index is 0.731. The van der Waals surface area contributed by atoms with E-state index in [0.29, 0.717) is 0 Å². The van der Waals surface area contributed by atoms with Crippen LogP contribution in [0, 0.1) is 5.92 Å². The highest BCUT2D eigenvalue weighted by Crippen LogP contribution is 2.31. The Labute approximate surface area is 98.0 Å². The van der Waals surface area contributed by atoms with Gasteiger partial charge in [0.05, 0.1) is 5.69 Å². The highest BCUT2D eigenvalue weighted by Gasteiger charge is 2.24. The SMILES string of the molecule is CCc1nn(CC2CC2)c(CC)c1CCN. The maximum absolute atomic E-state index is 5.69. The van der Waals surface area contributed by atoms with Gasteiger partial charge in [0.1, 0.15) is 0 Å². The van der Waals surface area contributed by atoms with Gasteiger partial charge in [-0.15, -0.1) is 0 Å². The lowest BCUT2D eigenvalue weighted by atomic mass is 10.1. The van der Waals surface area contributed by atoms with Crippen molar-refractivity contribution in [2.75, 3.05) is 6.54 Å². The van der Waals surface area contributed by atoms with Gasteiger partial charge in [0, 0.05) is 12.2 Å². The first-order valence-corrected chi connectivity index (χ1v) is 6.57. The lowest BCUT2D eigenvalue weighted by Gasteiger charge is -2.06. The van der Waals surface area contributed by atoms with Crippen LogP contribution in [0.15, 0.2) is 0 Å². The van der Waals surface area contributed by atoms with Crippen LogP contribution >= 0.6 is 0 Å². The molecule has 1 heterocycles. The molecule has 0 radical (unpaired) electrons. The van der Waals surface area contributed by atoms with Gasteiger partial charge in [0.25, 0.3) is 0 Å². The molecule has 0 aromatic carbocycles. The second-order valence-electron chi connectivity index (χ2n) is 4.74. The molecule has 16 heavy (non-hydrogen) atoms. The van der Waals surface area contributed by atoms with Crippen molar-refractivity contribution in [3.8, 4) is 0 Å². The molecule has 1 fully saturated rings. The molecule has 2 rings (SSSR count). The van der Waals surface area contributed by atoms with Crippen molar-refractivity contribution in [2.45, 2.75) is 52.5 Å². The highest BCUT2D eigenvalue weighted by molar-refractivity contribution is 5.27. The fraction of sp³-hybridized carbons (Fsp3) is 0.769. The zero-order valence-corrected chi connectivity index (χ0v) is 10.5. The van der Waals surface area contributed by atoms with E-state index in [2.05, 4.69) is 18.5 Å². The molecule has 3 heteroatoms. The van der Waals surface area contributed by atoms with Crippen LogP contribution < -0.4 is 5.73 Å². The fourth-order valence-electron chi connectivity index (χ4n) is 2.40. The van der Waals surface area contributed by atoms with Gasteiger partial charge >= 0.3 is 0 Å². The zero-order chi connectivity index (χ0) is 11.5. The van der Waals surface area contributed by atoms with Gasteiger partial charge in [-0.2, -0.15) is 5.10 Å². The molecule has 90 valence electrons. The van der Waals surface area contributed by atoms with Gasteiger partial charge in [-0.1, -0.05) is 13.8 Å². The molecule has 0 spiro atoms. The maximum atomic E-state index is 5.69. The number of hydrogen-bond donors (Lipinski definition) is 1. The third kappa shape index (κ3) is 2.29. The summed E-state index contributed by atoms with van der Waals surface area (Å²) < 4.78 is 2.25. The first-order chi connectivity index (χ1) is 7.80. The van der Waals surface area contributed by atoms with Crippen molar-refractivity contribution in [1.29, 1.82) is 0 Å². The summed E-state index contributed by atoms with van der Waals surface area (Å²) in [5.74, 6) is 0.889. The summed E-state index contributed by atoms with van der Waals surface area (Å²) in [5.41, 5.74) is 9.81. The average Bonchev–Trinajstić information content (AvgIpc) is 3.02. The van der Waals surface area contributed by atoms with Gasteiger partial charge < -0.3 is 5.73 Å². The van der Waals surface area contributed by atoms with E-state index in [1.165, 1.54) is 29.8 Å². The van der Waals surface area contributed by atoms with E-state index in [1.807, 2.05) is 0 Å². The molecule has 1 aliphatic rings. The molecule has 0 unspecified atom stereocenters. The molecule has 1 aromatic rings. The number of hydrogen-bond acceptors (Lipinski definition) is 2. The highest BCUT2D eigenvalue weighted by atomic mass is 15.3. The Morgan fingerprint density at radius 2 is 2.06 bits per heavy atom. The monoisotopic (exact) mass is 221 g/mol. The van der Waals surface area contributed by atoms with Gasteiger partial charge in [-0.3, -0.25) is 4.68 Å². The van der Waals surface area contributed by atoms with Crippen LogP contribution in [0.5, 0.6) is 0 Å². The summed E-state index contributed by atoms with van der Waals surface area (Å²) in [6.07, 6.45) is 5.86. The molecule has 0 saturated heterocycles. The van der Waals surface area contributed by atoms with Crippen LogP contribution in [0.4, 0.5) is 0 Å². The van der Waals surface area contributed by atoms with E-state index in [-0.39, 0.29) is 0 Å². The van der Waals surface area contributed by atoms with Crippen molar-refractivity contribution < 1.29 is 0 Å². The van der Waals surface area contributed by atoms with E-state index >= 15 is 0 Å². The lowest BCUT2D eigenvalue weighted by molar-refractivity contribution is 0.536.